The summed E-state index contributed by atoms with van der Waals surface area (Å²) in [5.74, 6) is 0.538. The van der Waals surface area contributed by atoms with Gasteiger partial charge in [-0.05, 0) is 48.2 Å². The van der Waals surface area contributed by atoms with Crippen LogP contribution in [-0.2, 0) is 27.8 Å². The molecule has 10 heteroatoms. The van der Waals surface area contributed by atoms with Gasteiger partial charge in [0.15, 0.2) is 0 Å². The molecule has 0 aliphatic heterocycles. The summed E-state index contributed by atoms with van der Waals surface area (Å²) in [5.41, 5.74) is 1.59. The number of benzene rings is 2. The zero-order valence-electron chi connectivity index (χ0n) is 21.9. The third kappa shape index (κ3) is 8.54. The van der Waals surface area contributed by atoms with E-state index in [1.807, 2.05) is 44.2 Å². The van der Waals surface area contributed by atoms with Crippen LogP contribution in [0.15, 0.2) is 84.0 Å². The first kappa shape index (κ1) is 29.1. The average molecular weight is 542 g/mol. The first-order valence-corrected chi connectivity index (χ1v) is 13.8. The largest absolute Gasteiger partial charge is 0.497 e. The van der Waals surface area contributed by atoms with E-state index in [0.717, 1.165) is 11.1 Å². The van der Waals surface area contributed by atoms with Crippen molar-refractivity contribution in [1.82, 2.24) is 14.6 Å². The van der Waals surface area contributed by atoms with Crippen molar-refractivity contribution in [2.45, 2.75) is 43.9 Å². The Morgan fingerprint density at radius 3 is 2.29 bits per heavy atom. The number of alkyl carbamates (subject to hydrolysis) is 1. The number of amides is 1. The van der Waals surface area contributed by atoms with Gasteiger partial charge in [-0.2, -0.15) is 4.31 Å². The van der Waals surface area contributed by atoms with Gasteiger partial charge in [0.25, 0.3) is 0 Å². The van der Waals surface area contributed by atoms with Crippen molar-refractivity contribution in [3.05, 3.63) is 90.3 Å². The van der Waals surface area contributed by atoms with Crippen molar-refractivity contribution in [3.8, 4) is 5.75 Å². The average Bonchev–Trinajstić information content (AvgIpc) is 2.92. The number of nitrogens with one attached hydrogen (secondary N) is 1. The molecule has 1 unspecified atom stereocenters. The Kier molecular flexibility index (Phi) is 10.6. The number of sulfonamides is 1. The lowest BCUT2D eigenvalue weighted by Gasteiger charge is -2.30. The number of hydrogen-bond donors (Lipinski definition) is 2. The summed E-state index contributed by atoms with van der Waals surface area (Å²) in [4.78, 5) is 16.7. The molecular weight excluding hydrogens is 506 g/mol. The Balaban J connectivity index is 1.79. The molecule has 0 aliphatic carbocycles. The molecule has 1 amide bonds. The maximum absolute atomic E-state index is 13.5. The summed E-state index contributed by atoms with van der Waals surface area (Å²) in [6.45, 7) is 3.79. The van der Waals surface area contributed by atoms with Crippen molar-refractivity contribution >= 4 is 16.1 Å². The highest BCUT2D eigenvalue weighted by molar-refractivity contribution is 7.89. The monoisotopic (exact) mass is 541 g/mol. The van der Waals surface area contributed by atoms with Crippen LogP contribution in [0.1, 0.15) is 25.0 Å². The smallest absolute Gasteiger partial charge is 0.407 e. The molecule has 1 heterocycles. The molecule has 3 rings (SSSR count). The van der Waals surface area contributed by atoms with Crippen LogP contribution in [0.25, 0.3) is 0 Å². The number of hydrogen-bond acceptors (Lipinski definition) is 7. The summed E-state index contributed by atoms with van der Waals surface area (Å²) in [5, 5.41) is 14.0. The molecule has 38 heavy (non-hydrogen) atoms. The molecule has 1 aromatic heterocycles. The summed E-state index contributed by atoms with van der Waals surface area (Å²) >= 11 is 0. The number of aliphatic hydroxyl groups is 1. The second kappa shape index (κ2) is 13.9. The molecular formula is C28H35N3O6S. The molecule has 0 aliphatic rings. The molecule has 0 bridgehead atoms. The van der Waals surface area contributed by atoms with Crippen LogP contribution in [0.3, 0.4) is 0 Å². The summed E-state index contributed by atoms with van der Waals surface area (Å²) in [6.07, 6.45) is 1.56. The third-order valence-electron chi connectivity index (χ3n) is 5.82. The van der Waals surface area contributed by atoms with Crippen molar-refractivity contribution in [2.75, 3.05) is 20.2 Å². The Hall–Kier alpha value is -3.47. The molecule has 2 aromatic carbocycles. The Bertz CT molecular complexity index is 1240. The Morgan fingerprint density at radius 2 is 1.68 bits per heavy atom. The van der Waals surface area contributed by atoms with Crippen LogP contribution >= 0.6 is 0 Å². The number of rotatable bonds is 13. The van der Waals surface area contributed by atoms with Crippen LogP contribution < -0.4 is 10.1 Å². The number of aromatic nitrogens is 1. The van der Waals surface area contributed by atoms with E-state index in [4.69, 9.17) is 9.47 Å². The van der Waals surface area contributed by atoms with Gasteiger partial charge in [-0.1, -0.05) is 50.2 Å². The second-order valence-electron chi connectivity index (χ2n) is 9.34. The summed E-state index contributed by atoms with van der Waals surface area (Å²) in [7, 11) is -2.42. The van der Waals surface area contributed by atoms with E-state index in [-0.39, 0.29) is 36.9 Å². The molecule has 204 valence electrons. The Morgan fingerprint density at radius 1 is 1.00 bits per heavy atom. The van der Waals surface area contributed by atoms with E-state index in [1.165, 1.54) is 23.5 Å². The van der Waals surface area contributed by atoms with Crippen molar-refractivity contribution in [1.29, 1.82) is 0 Å². The molecule has 9 nitrogen and oxygen atoms in total. The first-order valence-electron chi connectivity index (χ1n) is 12.4. The van der Waals surface area contributed by atoms with E-state index >= 15 is 0 Å². The number of carbonyl (C=O) groups excluding carboxylic acids is 1. The van der Waals surface area contributed by atoms with Crippen molar-refractivity contribution < 1.29 is 27.8 Å². The highest BCUT2D eigenvalue weighted by Crippen LogP contribution is 2.21. The minimum Gasteiger partial charge on any atom is -0.497 e. The van der Waals surface area contributed by atoms with Gasteiger partial charge in [0, 0.05) is 31.0 Å². The third-order valence-corrected chi connectivity index (χ3v) is 7.66. The predicted octanol–water partition coefficient (Wildman–Crippen LogP) is 3.64. The molecule has 0 spiro atoms. The fourth-order valence-corrected chi connectivity index (χ4v) is 5.51. The summed E-state index contributed by atoms with van der Waals surface area (Å²) in [6, 6.07) is 18.2. The second-order valence-corrected chi connectivity index (χ2v) is 11.3. The van der Waals surface area contributed by atoms with Gasteiger partial charge in [-0.3, -0.25) is 4.98 Å². The van der Waals surface area contributed by atoms with Crippen molar-refractivity contribution in [2.24, 2.45) is 5.92 Å². The number of ether oxygens (including phenoxy) is 2. The van der Waals surface area contributed by atoms with Crippen molar-refractivity contribution in [3.63, 3.8) is 0 Å². The number of nitrogens with zero attached hydrogens (tertiary/aromatic N) is 2. The Labute approximate surface area is 224 Å². The molecule has 2 atom stereocenters. The SMILES string of the molecule is COc1ccc(S(=O)(=O)N(CC(C)C)C[C@@H](O)C(Cc2ccccc2)NC(=O)OCc2cccnc2)cc1. The highest BCUT2D eigenvalue weighted by atomic mass is 32.2. The van der Waals surface area contributed by atoms with E-state index in [2.05, 4.69) is 10.3 Å². The lowest BCUT2D eigenvalue weighted by molar-refractivity contribution is 0.0873. The quantitative estimate of drug-likeness (QED) is 0.339. The van der Waals surface area contributed by atoms with Crippen LogP contribution in [0.5, 0.6) is 5.75 Å². The zero-order valence-corrected chi connectivity index (χ0v) is 22.7. The molecule has 3 aromatic rings. The first-order chi connectivity index (χ1) is 18.2. The van der Waals surface area contributed by atoms with E-state index in [1.54, 1.807) is 36.7 Å². The highest BCUT2D eigenvalue weighted by Gasteiger charge is 2.31. The summed E-state index contributed by atoms with van der Waals surface area (Å²) < 4.78 is 38.8. The molecule has 0 saturated heterocycles. The number of aliphatic hydroxyl groups excluding tert-OH is 1. The maximum atomic E-state index is 13.5. The van der Waals surface area contributed by atoms with Gasteiger partial charge >= 0.3 is 6.09 Å². The lowest BCUT2D eigenvalue weighted by atomic mass is 10.0. The minimum atomic E-state index is -3.93. The van der Waals surface area contributed by atoms with E-state index in [0.29, 0.717) is 5.75 Å². The molecule has 0 fully saturated rings. The standard InChI is InChI=1S/C28H35N3O6S/c1-21(2)18-31(38(34,35)25-13-11-24(36-3)12-14-25)19-27(32)26(16-22-8-5-4-6-9-22)30-28(33)37-20-23-10-7-15-29-17-23/h4-15,17,21,26-27,32H,16,18-20H2,1-3H3,(H,30,33)/t26?,27-/m1/s1. The van der Waals surface area contributed by atoms with Gasteiger partial charge < -0.3 is 19.9 Å². The van der Waals surface area contributed by atoms with E-state index < -0.39 is 28.3 Å². The predicted molar refractivity (Wildman–Crippen MR) is 144 cm³/mol. The van der Waals surface area contributed by atoms with Gasteiger partial charge in [0.2, 0.25) is 10.0 Å². The zero-order chi connectivity index (χ0) is 27.5. The van der Waals surface area contributed by atoms with Gasteiger partial charge in [-0.15, -0.1) is 0 Å². The molecule has 0 saturated carbocycles. The number of carbonyl (C=O) groups is 1. The fraction of sp³-hybridized carbons (Fsp3) is 0.357. The minimum absolute atomic E-state index is 0.000188. The number of methoxy groups -OCH3 is 1. The van der Waals surface area contributed by atoms with Crippen LogP contribution in [-0.4, -0.2) is 61.3 Å². The van der Waals surface area contributed by atoms with Crippen LogP contribution in [0.2, 0.25) is 0 Å². The van der Waals surface area contributed by atoms with Crippen LogP contribution in [0, 0.1) is 5.92 Å². The molecule has 0 radical (unpaired) electrons. The number of pyridine rings is 1. The molecule has 2 N–H and O–H groups in total. The van der Waals surface area contributed by atoms with E-state index in [9.17, 15) is 18.3 Å². The fourth-order valence-electron chi connectivity index (χ4n) is 3.89. The van der Waals surface area contributed by atoms with Crippen LogP contribution in [0.4, 0.5) is 4.79 Å². The normalized spacial score (nSPS) is 13.2. The maximum Gasteiger partial charge on any atom is 0.407 e. The topological polar surface area (TPSA) is 118 Å². The van der Waals surface area contributed by atoms with Gasteiger partial charge in [-0.25, -0.2) is 13.2 Å². The van der Waals surface area contributed by atoms with Gasteiger partial charge in [0.1, 0.15) is 12.4 Å². The van der Waals surface area contributed by atoms with Gasteiger partial charge in [0.05, 0.1) is 24.2 Å². The lowest BCUT2D eigenvalue weighted by Crippen LogP contribution is -2.51.